The minimum atomic E-state index is -3.66. The van der Waals surface area contributed by atoms with Crippen LogP contribution in [0.15, 0.2) is 48.5 Å². The van der Waals surface area contributed by atoms with Gasteiger partial charge in [-0.3, -0.25) is 0 Å². The Bertz CT molecular complexity index is 663. The molecule has 2 aromatic rings. The Morgan fingerprint density at radius 2 is 1.68 bits per heavy atom. The fourth-order valence-corrected chi connectivity index (χ4v) is 3.44. The van der Waals surface area contributed by atoms with Gasteiger partial charge in [-0.05, 0) is 0 Å². The summed E-state index contributed by atoms with van der Waals surface area (Å²) in [6.45, 7) is 8.49. The Labute approximate surface area is 139 Å². The van der Waals surface area contributed by atoms with Crippen molar-refractivity contribution in [2.24, 2.45) is 0 Å². The van der Waals surface area contributed by atoms with E-state index in [1.54, 1.807) is 6.07 Å². The molecule has 116 valence electrons. The van der Waals surface area contributed by atoms with Gasteiger partial charge in [-0.15, -0.1) is 0 Å². The van der Waals surface area contributed by atoms with Gasteiger partial charge in [-0.1, -0.05) is 0 Å². The summed E-state index contributed by atoms with van der Waals surface area (Å²) >= 11 is -3.66. The molecule has 0 saturated heterocycles. The van der Waals surface area contributed by atoms with E-state index in [0.717, 1.165) is 16.7 Å². The number of hydrogen-bond donors (Lipinski definition) is 1. The van der Waals surface area contributed by atoms with Crippen molar-refractivity contribution in [3.8, 4) is 5.75 Å². The summed E-state index contributed by atoms with van der Waals surface area (Å²) in [6.07, 6.45) is 0. The number of rotatable bonds is 5. The zero-order valence-electron chi connectivity index (χ0n) is 13.5. The zero-order chi connectivity index (χ0) is 16.3. The number of hydrogen-bond acceptors (Lipinski definition) is 2. The van der Waals surface area contributed by atoms with Crippen LogP contribution < -0.4 is 3.32 Å². The van der Waals surface area contributed by atoms with Gasteiger partial charge in [-0.2, -0.15) is 0 Å². The Morgan fingerprint density at radius 3 is 2.23 bits per heavy atom. The van der Waals surface area contributed by atoms with Gasteiger partial charge >= 0.3 is 139 Å². The topological polar surface area (TPSA) is 46.5 Å². The molecule has 4 heteroatoms. The van der Waals surface area contributed by atoms with Gasteiger partial charge in [0.2, 0.25) is 0 Å². The van der Waals surface area contributed by atoms with Gasteiger partial charge in [0.1, 0.15) is 0 Å². The van der Waals surface area contributed by atoms with Crippen LogP contribution in [0, 0.1) is 0 Å². The molecule has 0 atom stereocenters. The van der Waals surface area contributed by atoms with E-state index in [0.29, 0.717) is 11.7 Å². The van der Waals surface area contributed by atoms with Crippen LogP contribution >= 0.6 is 0 Å². The first-order valence-electron chi connectivity index (χ1n) is 7.43. The molecule has 22 heavy (non-hydrogen) atoms. The van der Waals surface area contributed by atoms with Crippen molar-refractivity contribution in [3.05, 3.63) is 65.2 Å². The molecule has 0 fully saturated rings. The van der Waals surface area contributed by atoms with Crippen LogP contribution in [0.25, 0.3) is 0 Å². The molecule has 1 N–H and O–H groups in total. The molecule has 3 nitrogen and oxygen atoms in total. The van der Waals surface area contributed by atoms with Crippen molar-refractivity contribution in [3.63, 3.8) is 0 Å². The number of benzene rings is 2. The monoisotopic (exact) mass is 334 g/mol. The van der Waals surface area contributed by atoms with E-state index in [9.17, 15) is 7.01 Å². The predicted molar refractivity (Wildman–Crippen MR) is 82.6 cm³/mol. The molecule has 0 radical (unpaired) electrons. The molecular weight excluding hydrogens is 312 g/mol. The van der Waals surface area contributed by atoms with Gasteiger partial charge in [-0.25, -0.2) is 0 Å². The van der Waals surface area contributed by atoms with Gasteiger partial charge in [0.25, 0.3) is 0 Å². The maximum atomic E-state index is 11.3. The Kier molecular flexibility index (Phi) is 5.33. The average Bonchev–Trinajstić information content (AvgIpc) is 2.47. The van der Waals surface area contributed by atoms with E-state index in [4.69, 9.17) is 3.32 Å². The molecule has 2 rings (SSSR count). The first-order valence-corrected chi connectivity index (χ1v) is 9.41. The molecule has 0 unspecified atom stereocenters. The van der Waals surface area contributed by atoms with Crippen LogP contribution in [0.2, 0.25) is 0 Å². The first kappa shape index (κ1) is 17.1. The molecule has 0 amide bonds. The third kappa shape index (κ3) is 3.54. The molecule has 0 aliphatic heterocycles. The van der Waals surface area contributed by atoms with Crippen LogP contribution in [-0.2, 0) is 27.4 Å². The van der Waals surface area contributed by atoms with E-state index >= 15 is 0 Å². The van der Waals surface area contributed by atoms with E-state index in [-0.39, 0.29) is 5.41 Å². The van der Waals surface area contributed by atoms with Gasteiger partial charge in [0, 0.05) is 0 Å². The first-order chi connectivity index (χ1) is 10.3. The summed E-state index contributed by atoms with van der Waals surface area (Å²) in [5.74, 6) is 0.822. The molecule has 0 aliphatic rings. The average molecular weight is 334 g/mol. The molecule has 0 aliphatic carbocycles. The quantitative estimate of drug-likeness (QED) is 0.829. The van der Waals surface area contributed by atoms with Crippen molar-refractivity contribution in [1.82, 2.24) is 0 Å². The normalized spacial score (nSPS) is 11.5. The van der Waals surface area contributed by atoms with Crippen LogP contribution in [0.3, 0.4) is 0 Å². The summed E-state index contributed by atoms with van der Waals surface area (Å²) < 4.78 is 25.9. The van der Waals surface area contributed by atoms with Crippen molar-refractivity contribution >= 4 is 0 Å². The Hall–Kier alpha value is -1.29. The van der Waals surface area contributed by atoms with Crippen molar-refractivity contribution in [2.45, 2.75) is 39.0 Å². The minimum absolute atomic E-state index is 0.301. The molecule has 0 heterocycles. The van der Waals surface area contributed by atoms with Crippen LogP contribution in [0.5, 0.6) is 5.75 Å². The van der Waals surface area contributed by atoms with E-state index in [1.165, 1.54) is 0 Å². The molecule has 0 spiro atoms. The summed E-state index contributed by atoms with van der Waals surface area (Å²) in [7, 11) is 0. The summed E-state index contributed by atoms with van der Waals surface area (Å²) in [6, 6.07) is 15.9. The van der Waals surface area contributed by atoms with Crippen molar-refractivity contribution in [2.75, 3.05) is 0 Å². The summed E-state index contributed by atoms with van der Waals surface area (Å²) in [5.41, 5.74) is 2.97. The maximum absolute atomic E-state index is 11.3. The fourth-order valence-electron chi connectivity index (χ4n) is 2.88. The molecule has 0 bridgehead atoms. The molecule has 0 aromatic heterocycles. The van der Waals surface area contributed by atoms with Crippen molar-refractivity contribution < 1.29 is 28.9 Å². The SMILES string of the molecule is CC(C)c1cccc([O][Ti](=[O])[OH])c1C(C)(C)c1ccccc1. The Balaban J connectivity index is 2.67. The predicted octanol–water partition coefficient (Wildman–Crippen LogP) is 4.30. The van der Waals surface area contributed by atoms with Gasteiger partial charge < -0.3 is 0 Å². The zero-order valence-corrected chi connectivity index (χ0v) is 15.0. The summed E-state index contributed by atoms with van der Waals surface area (Å²) in [5, 5.41) is 0. The van der Waals surface area contributed by atoms with Gasteiger partial charge in [0.15, 0.2) is 0 Å². The van der Waals surface area contributed by atoms with E-state index < -0.39 is 18.6 Å². The van der Waals surface area contributed by atoms with E-state index in [2.05, 4.69) is 45.9 Å². The van der Waals surface area contributed by atoms with Crippen LogP contribution in [0.1, 0.15) is 50.3 Å². The van der Waals surface area contributed by atoms with Crippen LogP contribution in [-0.4, -0.2) is 3.69 Å². The molecule has 2 aromatic carbocycles. The molecular formula is C18H22O3Ti. The van der Waals surface area contributed by atoms with Crippen LogP contribution in [0.4, 0.5) is 0 Å². The third-order valence-electron chi connectivity index (χ3n) is 4.00. The van der Waals surface area contributed by atoms with Gasteiger partial charge in [0.05, 0.1) is 0 Å². The third-order valence-corrected chi connectivity index (χ3v) is 4.61. The second-order valence-electron chi connectivity index (χ2n) is 6.23. The fraction of sp³-hybridized carbons (Fsp3) is 0.333. The standard InChI is InChI=1S/C18H22O.H2O.O.Ti/c1-13(2)15-11-8-12-16(19)17(15)18(3,4)14-9-6-5-7-10-14;;;/h5-13,19H,1-4H3;1H2;;/q;;;+2/p-2. The second kappa shape index (κ2) is 6.86. The van der Waals surface area contributed by atoms with Crippen molar-refractivity contribution in [1.29, 1.82) is 0 Å². The Morgan fingerprint density at radius 1 is 1.05 bits per heavy atom. The second-order valence-corrected chi connectivity index (χ2v) is 7.38. The molecule has 0 saturated carbocycles. The summed E-state index contributed by atoms with van der Waals surface area (Å²) in [4.78, 5) is 0. The van der Waals surface area contributed by atoms with E-state index in [1.807, 2.05) is 24.3 Å².